The van der Waals surface area contributed by atoms with Crippen LogP contribution in [0, 0.1) is 18.8 Å². The zero-order valence-electron chi connectivity index (χ0n) is 20.0. The van der Waals surface area contributed by atoms with Crippen LogP contribution < -0.4 is 16.6 Å². The summed E-state index contributed by atoms with van der Waals surface area (Å²) >= 11 is 0. The Morgan fingerprint density at radius 3 is 2.61 bits per heavy atom. The second-order valence-corrected chi connectivity index (χ2v) is 8.15. The zero-order chi connectivity index (χ0) is 25.2. The van der Waals surface area contributed by atoms with Crippen LogP contribution in [-0.2, 0) is 0 Å². The van der Waals surface area contributed by atoms with E-state index in [1.807, 2.05) is 55.5 Å². The van der Waals surface area contributed by atoms with Crippen LogP contribution in [0.3, 0.4) is 0 Å². The van der Waals surface area contributed by atoms with Gasteiger partial charge in [-0.15, -0.1) is 5.92 Å². The summed E-state index contributed by atoms with van der Waals surface area (Å²) < 4.78 is 6.75. The smallest absolute Gasteiger partial charge is 0.267 e. The number of aryl methyl sites for hydroxylation is 1. The normalized spacial score (nSPS) is 11.6. The van der Waals surface area contributed by atoms with Crippen LogP contribution in [0.4, 0.5) is 11.5 Å². The van der Waals surface area contributed by atoms with Crippen molar-refractivity contribution in [1.82, 2.24) is 24.7 Å². The maximum Gasteiger partial charge on any atom is 0.267 e. The minimum absolute atomic E-state index is 0.206. The first-order valence-electron chi connectivity index (χ1n) is 11.3. The summed E-state index contributed by atoms with van der Waals surface area (Å²) in [6, 6.07) is 16.1. The summed E-state index contributed by atoms with van der Waals surface area (Å²) in [5.41, 5.74) is 8.89. The van der Waals surface area contributed by atoms with Crippen molar-refractivity contribution in [3.63, 3.8) is 0 Å². The van der Waals surface area contributed by atoms with Crippen LogP contribution in [0.2, 0.25) is 0 Å². The third-order valence-electron chi connectivity index (χ3n) is 5.67. The number of hydrogen-bond donors (Lipinski definition) is 2. The summed E-state index contributed by atoms with van der Waals surface area (Å²) in [6.45, 7) is 5.34. The summed E-state index contributed by atoms with van der Waals surface area (Å²) in [7, 11) is 0. The number of nitrogen functional groups attached to an aromatic ring is 1. The van der Waals surface area contributed by atoms with Crippen molar-refractivity contribution in [2.45, 2.75) is 26.8 Å². The van der Waals surface area contributed by atoms with E-state index in [1.165, 1.54) is 0 Å². The van der Waals surface area contributed by atoms with Crippen LogP contribution in [0.1, 0.15) is 37.2 Å². The number of nitrogens with two attached hydrogens (primary N) is 1. The van der Waals surface area contributed by atoms with Crippen molar-refractivity contribution in [2.24, 2.45) is 0 Å². The molecule has 36 heavy (non-hydrogen) atoms. The summed E-state index contributed by atoms with van der Waals surface area (Å²) in [4.78, 5) is 27.6. The quantitative estimate of drug-likeness (QED) is 0.360. The van der Waals surface area contributed by atoms with Gasteiger partial charge in [-0.2, -0.15) is 4.98 Å². The lowest BCUT2D eigenvalue weighted by Crippen LogP contribution is -2.28. The molecular weight excluding hydrogens is 454 g/mol. The fourth-order valence-corrected chi connectivity index (χ4v) is 4.09. The molecule has 0 fully saturated rings. The first-order valence-corrected chi connectivity index (χ1v) is 11.3. The lowest BCUT2D eigenvalue weighted by Gasteiger charge is -2.21. The third-order valence-corrected chi connectivity index (χ3v) is 5.67. The van der Waals surface area contributed by atoms with E-state index in [0.29, 0.717) is 56.8 Å². The van der Waals surface area contributed by atoms with E-state index in [1.54, 1.807) is 30.7 Å². The van der Waals surface area contributed by atoms with Crippen molar-refractivity contribution in [2.75, 3.05) is 11.1 Å². The van der Waals surface area contributed by atoms with Crippen LogP contribution in [-0.4, -0.2) is 24.7 Å². The van der Waals surface area contributed by atoms with Gasteiger partial charge in [-0.3, -0.25) is 9.36 Å². The number of hydrogen-bond acceptors (Lipinski definition) is 8. The fourth-order valence-electron chi connectivity index (χ4n) is 4.09. The summed E-state index contributed by atoms with van der Waals surface area (Å²) in [5.74, 6) is 7.59. The molecule has 0 aliphatic heterocycles. The lowest BCUT2D eigenvalue weighted by atomic mass is 10.1. The van der Waals surface area contributed by atoms with Gasteiger partial charge in [0, 0.05) is 24.4 Å². The van der Waals surface area contributed by atoms with Crippen molar-refractivity contribution in [3.8, 4) is 28.9 Å². The maximum atomic E-state index is 13.9. The van der Waals surface area contributed by atoms with Gasteiger partial charge in [-0.1, -0.05) is 35.3 Å². The Morgan fingerprint density at radius 1 is 1.08 bits per heavy atom. The average molecular weight is 478 g/mol. The first-order chi connectivity index (χ1) is 17.5. The number of pyridine rings is 1. The number of benzene rings is 2. The molecule has 9 nitrogen and oxygen atoms in total. The van der Waals surface area contributed by atoms with Gasteiger partial charge in [0.2, 0.25) is 11.7 Å². The topological polar surface area (TPSA) is 125 Å². The van der Waals surface area contributed by atoms with Crippen molar-refractivity contribution in [1.29, 1.82) is 0 Å². The van der Waals surface area contributed by atoms with Crippen molar-refractivity contribution < 1.29 is 4.52 Å². The molecule has 0 spiro atoms. The highest BCUT2D eigenvalue weighted by molar-refractivity contribution is 5.85. The molecule has 9 heteroatoms. The number of nitrogens with one attached hydrogen (secondary N) is 1. The highest BCUT2D eigenvalue weighted by Crippen LogP contribution is 2.32. The molecule has 0 radical (unpaired) electrons. The molecule has 3 aromatic heterocycles. The van der Waals surface area contributed by atoms with E-state index in [9.17, 15) is 4.79 Å². The number of anilines is 2. The number of fused-ring (bicyclic) bond motifs is 1. The maximum absolute atomic E-state index is 13.9. The molecule has 5 rings (SSSR count). The van der Waals surface area contributed by atoms with Gasteiger partial charge in [-0.05, 0) is 44.2 Å². The Bertz CT molecular complexity index is 1690. The van der Waals surface area contributed by atoms with Crippen LogP contribution in [0.15, 0.2) is 70.1 Å². The van der Waals surface area contributed by atoms with Gasteiger partial charge in [0.1, 0.15) is 11.6 Å². The van der Waals surface area contributed by atoms with E-state index in [4.69, 9.17) is 15.2 Å². The molecule has 0 unspecified atom stereocenters. The lowest BCUT2D eigenvalue weighted by molar-refractivity contribution is 0.394. The van der Waals surface area contributed by atoms with Gasteiger partial charge >= 0.3 is 0 Å². The molecule has 0 saturated heterocycles. The fraction of sp³-hybridized carbons (Fsp3) is 0.148. The number of rotatable bonds is 5. The van der Waals surface area contributed by atoms with Gasteiger partial charge in [0.25, 0.3) is 5.56 Å². The largest absolute Gasteiger partial charge is 0.398 e. The Labute approximate surface area is 207 Å². The Balaban J connectivity index is 1.70. The standard InChI is InChI=1S/C27H23N7O2/c1-4-9-18-10-8-13-21-22(18)27(35)34(19-11-6-5-7-12-19)26(32-21)16(2)30-24-23(20(28)14-15-29-24)25-31-17(3)36-33-25/h5-8,10-16H,1-3H3,(H3,28,29,30)/t16-/m0/s1. The molecule has 0 bridgehead atoms. The minimum Gasteiger partial charge on any atom is -0.398 e. The van der Waals surface area contributed by atoms with E-state index in [2.05, 4.69) is 32.3 Å². The van der Waals surface area contributed by atoms with Crippen LogP contribution in [0.25, 0.3) is 28.0 Å². The van der Waals surface area contributed by atoms with Crippen LogP contribution >= 0.6 is 0 Å². The Kier molecular flexibility index (Phi) is 5.92. The molecule has 0 amide bonds. The molecule has 3 heterocycles. The molecule has 0 aliphatic carbocycles. The second kappa shape index (κ2) is 9.35. The van der Waals surface area contributed by atoms with E-state index < -0.39 is 6.04 Å². The Hall–Kier alpha value is -4.97. The Morgan fingerprint density at radius 2 is 1.89 bits per heavy atom. The predicted octanol–water partition coefficient (Wildman–Crippen LogP) is 4.27. The predicted molar refractivity (Wildman–Crippen MR) is 139 cm³/mol. The molecule has 2 aromatic carbocycles. The van der Waals surface area contributed by atoms with Crippen molar-refractivity contribution in [3.05, 3.63) is 88.4 Å². The third kappa shape index (κ3) is 4.05. The van der Waals surface area contributed by atoms with Gasteiger partial charge < -0.3 is 15.6 Å². The highest BCUT2D eigenvalue weighted by atomic mass is 16.5. The molecule has 1 atom stereocenters. The molecular formula is C27H23N7O2. The second-order valence-electron chi connectivity index (χ2n) is 8.15. The van der Waals surface area contributed by atoms with Crippen molar-refractivity contribution >= 4 is 22.4 Å². The molecule has 0 aliphatic rings. The summed E-state index contributed by atoms with van der Waals surface area (Å²) in [5, 5.41) is 7.83. The number of aromatic nitrogens is 5. The molecule has 3 N–H and O–H groups in total. The first kappa shape index (κ1) is 22.8. The van der Waals surface area contributed by atoms with Gasteiger partial charge in [0.05, 0.1) is 28.2 Å². The van der Waals surface area contributed by atoms with Gasteiger partial charge in [0.15, 0.2) is 0 Å². The SMILES string of the molecule is CC#Cc1cccc2nc([C@H](C)Nc3nccc(N)c3-c3noc(C)n3)n(-c3ccccc3)c(=O)c12. The highest BCUT2D eigenvalue weighted by Gasteiger charge is 2.22. The molecule has 0 saturated carbocycles. The van der Waals surface area contributed by atoms with E-state index in [-0.39, 0.29) is 5.56 Å². The zero-order valence-corrected chi connectivity index (χ0v) is 20.0. The summed E-state index contributed by atoms with van der Waals surface area (Å²) in [6.07, 6.45) is 1.59. The average Bonchev–Trinajstić information content (AvgIpc) is 3.30. The van der Waals surface area contributed by atoms with Crippen LogP contribution in [0.5, 0.6) is 0 Å². The van der Waals surface area contributed by atoms with E-state index in [0.717, 1.165) is 0 Å². The minimum atomic E-state index is -0.454. The van der Waals surface area contributed by atoms with Gasteiger partial charge in [-0.25, -0.2) is 9.97 Å². The monoisotopic (exact) mass is 477 g/mol. The van der Waals surface area contributed by atoms with E-state index >= 15 is 0 Å². The number of para-hydroxylation sites is 1. The molecule has 5 aromatic rings. The number of nitrogens with zero attached hydrogens (tertiary/aromatic N) is 5. The molecule has 178 valence electrons.